The molecule has 1 aliphatic carbocycles. The van der Waals surface area contributed by atoms with Crippen LogP contribution in [0.4, 0.5) is 0 Å². The molecule has 1 aliphatic rings. The average Bonchev–Trinajstić information content (AvgIpc) is 2.39. The molecule has 21 heavy (non-hydrogen) atoms. The lowest BCUT2D eigenvalue weighted by atomic mass is 9.57. The number of phenols is 1. The molecule has 0 aliphatic heterocycles. The van der Waals surface area contributed by atoms with Crippen LogP contribution in [0.1, 0.15) is 47.1 Å². The van der Waals surface area contributed by atoms with Crippen molar-refractivity contribution in [2.45, 2.75) is 47.0 Å². The smallest absolute Gasteiger partial charge is 0.119 e. The number of hydrogen-bond acceptors (Lipinski definition) is 1. The topological polar surface area (TPSA) is 20.2 Å². The van der Waals surface area contributed by atoms with E-state index in [0.29, 0.717) is 23.5 Å². The van der Waals surface area contributed by atoms with E-state index in [1.807, 2.05) is 12.1 Å². The summed E-state index contributed by atoms with van der Waals surface area (Å²) < 4.78 is 0. The standard InChI is InChI=1S/C20H28O/c1-13(2)17-11-15(5)20(14(3)4,16(6)12-17)18-9-7-8-10-19(18)21/h7-15,21H,1-6H3. The maximum atomic E-state index is 10.4. The molecule has 0 fully saturated rings. The molecule has 2 unspecified atom stereocenters. The zero-order valence-corrected chi connectivity index (χ0v) is 14.1. The van der Waals surface area contributed by atoms with E-state index in [0.717, 1.165) is 5.56 Å². The van der Waals surface area contributed by atoms with E-state index in [1.165, 1.54) is 11.1 Å². The first-order valence-electron chi connectivity index (χ1n) is 8.00. The molecule has 0 aromatic heterocycles. The normalized spacial score (nSPS) is 26.0. The fourth-order valence-corrected chi connectivity index (χ4v) is 4.13. The van der Waals surface area contributed by atoms with Gasteiger partial charge in [0.1, 0.15) is 5.75 Å². The summed E-state index contributed by atoms with van der Waals surface area (Å²) in [5, 5.41) is 10.4. The quantitative estimate of drug-likeness (QED) is 0.781. The predicted octanol–water partition coefficient (Wildman–Crippen LogP) is 5.46. The van der Waals surface area contributed by atoms with Crippen LogP contribution in [0, 0.1) is 17.8 Å². The number of rotatable bonds is 3. The van der Waals surface area contributed by atoms with Crippen LogP contribution in [-0.2, 0) is 5.41 Å². The summed E-state index contributed by atoms with van der Waals surface area (Å²) in [6.07, 6.45) is 4.72. The van der Waals surface area contributed by atoms with E-state index >= 15 is 0 Å². The molecule has 1 aromatic rings. The van der Waals surface area contributed by atoms with Crippen LogP contribution in [0.2, 0.25) is 0 Å². The molecular weight excluding hydrogens is 256 g/mol. The summed E-state index contributed by atoms with van der Waals surface area (Å²) in [5.41, 5.74) is 3.70. The van der Waals surface area contributed by atoms with E-state index in [4.69, 9.17) is 0 Å². The van der Waals surface area contributed by atoms with Gasteiger partial charge in [0.05, 0.1) is 0 Å². The Morgan fingerprint density at radius 2 is 1.71 bits per heavy atom. The second kappa shape index (κ2) is 5.71. The second-order valence-corrected chi connectivity index (χ2v) is 6.98. The molecule has 2 atom stereocenters. The van der Waals surface area contributed by atoms with Crippen LogP contribution in [0.3, 0.4) is 0 Å². The number of benzene rings is 1. The summed E-state index contributed by atoms with van der Waals surface area (Å²) in [7, 11) is 0. The maximum absolute atomic E-state index is 10.4. The van der Waals surface area contributed by atoms with Crippen molar-refractivity contribution in [1.29, 1.82) is 0 Å². The average molecular weight is 284 g/mol. The highest BCUT2D eigenvalue weighted by molar-refractivity contribution is 5.51. The van der Waals surface area contributed by atoms with E-state index in [1.54, 1.807) is 6.07 Å². The predicted molar refractivity (Wildman–Crippen MR) is 90.5 cm³/mol. The molecule has 114 valence electrons. The van der Waals surface area contributed by atoms with Gasteiger partial charge in [-0.05, 0) is 36.3 Å². The van der Waals surface area contributed by atoms with Gasteiger partial charge in [0.15, 0.2) is 0 Å². The Morgan fingerprint density at radius 3 is 2.19 bits per heavy atom. The molecule has 0 spiro atoms. The number of para-hydroxylation sites is 1. The fourth-order valence-electron chi connectivity index (χ4n) is 4.13. The number of allylic oxidation sites excluding steroid dienone is 4. The summed E-state index contributed by atoms with van der Waals surface area (Å²) in [6.45, 7) is 13.5. The van der Waals surface area contributed by atoms with Crippen molar-refractivity contribution in [2.75, 3.05) is 0 Å². The lowest BCUT2D eigenvalue weighted by molar-refractivity contribution is 0.274. The molecule has 1 N–H and O–H groups in total. The second-order valence-electron chi connectivity index (χ2n) is 6.98. The Morgan fingerprint density at radius 1 is 1.10 bits per heavy atom. The van der Waals surface area contributed by atoms with Crippen LogP contribution in [0.25, 0.3) is 0 Å². The first-order valence-corrected chi connectivity index (χ1v) is 8.00. The van der Waals surface area contributed by atoms with E-state index in [9.17, 15) is 5.11 Å². The maximum Gasteiger partial charge on any atom is 0.119 e. The van der Waals surface area contributed by atoms with Crippen LogP contribution < -0.4 is 0 Å². The minimum Gasteiger partial charge on any atom is -0.508 e. The van der Waals surface area contributed by atoms with Crippen LogP contribution >= 0.6 is 0 Å². The van der Waals surface area contributed by atoms with Crippen molar-refractivity contribution < 1.29 is 5.11 Å². The van der Waals surface area contributed by atoms with E-state index in [2.05, 4.69) is 59.8 Å². The highest BCUT2D eigenvalue weighted by Gasteiger charge is 2.44. The summed E-state index contributed by atoms with van der Waals surface area (Å²) in [5.74, 6) is 1.74. The fraction of sp³-hybridized carbons (Fsp3) is 0.500. The Labute approximate surface area is 129 Å². The lowest BCUT2D eigenvalue weighted by Gasteiger charge is -2.46. The van der Waals surface area contributed by atoms with Gasteiger partial charge in [0, 0.05) is 11.0 Å². The van der Waals surface area contributed by atoms with Crippen LogP contribution in [0.5, 0.6) is 5.75 Å². The SMILES string of the molecule is CC1=CC(C(C)C)=CC(C)C1(c1ccccc1O)C(C)C. The van der Waals surface area contributed by atoms with Crippen molar-refractivity contribution in [2.24, 2.45) is 17.8 Å². The third kappa shape index (κ3) is 2.43. The molecule has 1 heteroatoms. The molecule has 0 radical (unpaired) electrons. The number of phenolic OH excluding ortho intramolecular Hbond substituents is 1. The largest absolute Gasteiger partial charge is 0.508 e. The Bertz CT molecular complexity index is 577. The lowest BCUT2D eigenvalue weighted by Crippen LogP contribution is -2.41. The van der Waals surface area contributed by atoms with Gasteiger partial charge in [-0.2, -0.15) is 0 Å². The zero-order valence-electron chi connectivity index (χ0n) is 14.1. The molecular formula is C20H28O. The summed E-state index contributed by atoms with van der Waals surface area (Å²) >= 11 is 0. The van der Waals surface area contributed by atoms with Gasteiger partial charge in [-0.15, -0.1) is 0 Å². The molecule has 1 aromatic carbocycles. The van der Waals surface area contributed by atoms with Crippen molar-refractivity contribution in [1.82, 2.24) is 0 Å². The molecule has 2 rings (SSSR count). The van der Waals surface area contributed by atoms with Gasteiger partial charge in [-0.25, -0.2) is 0 Å². The number of hydrogen-bond donors (Lipinski definition) is 1. The first-order chi connectivity index (χ1) is 9.81. The highest BCUT2D eigenvalue weighted by Crippen LogP contribution is 2.51. The van der Waals surface area contributed by atoms with E-state index < -0.39 is 0 Å². The van der Waals surface area contributed by atoms with Crippen molar-refractivity contribution >= 4 is 0 Å². The Hall–Kier alpha value is -1.50. The molecule has 0 saturated carbocycles. The van der Waals surface area contributed by atoms with Crippen molar-refractivity contribution in [3.8, 4) is 5.75 Å². The van der Waals surface area contributed by atoms with Gasteiger partial charge in [0.25, 0.3) is 0 Å². The van der Waals surface area contributed by atoms with Gasteiger partial charge in [-0.1, -0.05) is 70.5 Å². The summed E-state index contributed by atoms with van der Waals surface area (Å²) in [6, 6.07) is 7.81. The van der Waals surface area contributed by atoms with Crippen molar-refractivity contribution in [3.05, 3.63) is 53.1 Å². The molecule has 0 amide bonds. The van der Waals surface area contributed by atoms with Gasteiger partial charge >= 0.3 is 0 Å². The molecule has 0 heterocycles. The summed E-state index contributed by atoms with van der Waals surface area (Å²) in [4.78, 5) is 0. The van der Waals surface area contributed by atoms with Crippen molar-refractivity contribution in [3.63, 3.8) is 0 Å². The van der Waals surface area contributed by atoms with Gasteiger partial charge in [0.2, 0.25) is 0 Å². The third-order valence-electron chi connectivity index (χ3n) is 5.12. The Balaban J connectivity index is 2.66. The highest BCUT2D eigenvalue weighted by atomic mass is 16.3. The third-order valence-corrected chi connectivity index (χ3v) is 5.12. The van der Waals surface area contributed by atoms with Gasteiger partial charge in [-0.3, -0.25) is 0 Å². The minimum absolute atomic E-state index is 0.121. The minimum atomic E-state index is -0.121. The molecule has 1 nitrogen and oxygen atoms in total. The van der Waals surface area contributed by atoms with Crippen LogP contribution in [-0.4, -0.2) is 5.11 Å². The van der Waals surface area contributed by atoms with Gasteiger partial charge < -0.3 is 5.11 Å². The number of aromatic hydroxyl groups is 1. The molecule has 0 saturated heterocycles. The van der Waals surface area contributed by atoms with E-state index in [-0.39, 0.29) is 5.41 Å². The monoisotopic (exact) mass is 284 g/mol. The molecule has 0 bridgehead atoms. The Kier molecular flexibility index (Phi) is 4.32. The first kappa shape index (κ1) is 15.9. The van der Waals surface area contributed by atoms with Crippen LogP contribution in [0.15, 0.2) is 47.6 Å². The zero-order chi connectivity index (χ0) is 15.8.